The van der Waals surface area contributed by atoms with E-state index in [0.29, 0.717) is 21.2 Å². The molecule has 0 heterocycles. The van der Waals surface area contributed by atoms with Crippen LogP contribution in [0, 0.1) is 0 Å². The number of hydrazone groups is 1. The molecule has 2 N–H and O–H groups in total. The molecule has 0 spiro atoms. The van der Waals surface area contributed by atoms with Gasteiger partial charge in [0.1, 0.15) is 0 Å². The molecule has 1 aliphatic carbocycles. The van der Waals surface area contributed by atoms with Gasteiger partial charge in [0.15, 0.2) is 5.11 Å². The Morgan fingerprint density at radius 1 is 1.24 bits per heavy atom. The Morgan fingerprint density at radius 2 is 1.95 bits per heavy atom. The molecule has 1 aromatic rings. The van der Waals surface area contributed by atoms with Crippen LogP contribution in [0.25, 0.3) is 0 Å². The van der Waals surface area contributed by atoms with Crippen LogP contribution in [0.1, 0.15) is 44.6 Å². The molecular formula is C15H19Cl2N3S. The van der Waals surface area contributed by atoms with Crippen molar-refractivity contribution in [1.29, 1.82) is 0 Å². The lowest BCUT2D eigenvalue weighted by Gasteiger charge is -2.23. The molecule has 3 nitrogen and oxygen atoms in total. The van der Waals surface area contributed by atoms with Crippen LogP contribution in [-0.2, 0) is 0 Å². The molecule has 1 aromatic carbocycles. The van der Waals surface area contributed by atoms with Gasteiger partial charge in [0, 0.05) is 21.7 Å². The van der Waals surface area contributed by atoms with Crippen LogP contribution in [0.5, 0.6) is 0 Å². The van der Waals surface area contributed by atoms with Gasteiger partial charge in [0.05, 0.1) is 5.71 Å². The van der Waals surface area contributed by atoms with Crippen LogP contribution in [0.4, 0.5) is 0 Å². The molecule has 0 aliphatic heterocycles. The third-order valence-electron chi connectivity index (χ3n) is 3.58. The fourth-order valence-electron chi connectivity index (χ4n) is 2.43. The Balaban J connectivity index is 1.93. The Hall–Kier alpha value is -0.840. The average Bonchev–Trinajstić information content (AvgIpc) is 2.48. The quantitative estimate of drug-likeness (QED) is 0.481. The Bertz CT molecular complexity index is 540. The molecule has 1 aliphatic rings. The first kappa shape index (κ1) is 16.5. The van der Waals surface area contributed by atoms with Crippen molar-refractivity contribution in [1.82, 2.24) is 10.7 Å². The summed E-state index contributed by atoms with van der Waals surface area (Å²) in [6.07, 6.45) is 6.19. The van der Waals surface area contributed by atoms with Crippen molar-refractivity contribution in [2.45, 2.75) is 45.1 Å². The van der Waals surface area contributed by atoms with Gasteiger partial charge < -0.3 is 5.32 Å². The van der Waals surface area contributed by atoms with Crippen LogP contribution >= 0.6 is 35.4 Å². The lowest BCUT2D eigenvalue weighted by Crippen LogP contribution is -2.41. The van der Waals surface area contributed by atoms with E-state index in [1.165, 1.54) is 32.1 Å². The molecule has 2 rings (SSSR count). The predicted octanol–water partition coefficient (Wildman–Crippen LogP) is 4.51. The molecule has 0 unspecified atom stereocenters. The van der Waals surface area contributed by atoms with Crippen LogP contribution in [-0.4, -0.2) is 16.9 Å². The number of hydrogen-bond acceptors (Lipinski definition) is 2. The molecule has 1 fully saturated rings. The molecule has 1 saturated carbocycles. The number of halogens is 2. The van der Waals surface area contributed by atoms with E-state index in [-0.39, 0.29) is 0 Å². The number of nitrogens with zero attached hydrogens (tertiary/aromatic N) is 1. The lowest BCUT2D eigenvalue weighted by atomic mass is 9.96. The maximum atomic E-state index is 6.15. The van der Waals surface area contributed by atoms with E-state index < -0.39 is 0 Å². The van der Waals surface area contributed by atoms with Crippen molar-refractivity contribution in [3.05, 3.63) is 33.8 Å². The minimum Gasteiger partial charge on any atom is -0.359 e. The first-order chi connectivity index (χ1) is 10.1. The van der Waals surface area contributed by atoms with Crippen molar-refractivity contribution in [3.63, 3.8) is 0 Å². The molecule has 6 heteroatoms. The standard InChI is InChI=1S/C15H19Cl2N3S/c1-10(13-9-11(16)7-8-14(13)17)19-20-15(21)18-12-5-3-2-4-6-12/h7-9,12H,2-6H2,1H3,(H2,18,20,21)/b19-10-. The second-order valence-electron chi connectivity index (χ2n) is 5.24. The summed E-state index contributed by atoms with van der Waals surface area (Å²) in [7, 11) is 0. The highest BCUT2D eigenvalue weighted by Gasteiger charge is 2.13. The highest BCUT2D eigenvalue weighted by atomic mass is 35.5. The maximum Gasteiger partial charge on any atom is 0.187 e. The molecule has 0 atom stereocenters. The van der Waals surface area contributed by atoms with Gasteiger partial charge in [-0.15, -0.1) is 0 Å². The number of thiocarbonyl (C=S) groups is 1. The molecular weight excluding hydrogens is 325 g/mol. The van der Waals surface area contributed by atoms with Crippen LogP contribution < -0.4 is 10.7 Å². The van der Waals surface area contributed by atoms with Gasteiger partial charge in [-0.1, -0.05) is 42.5 Å². The summed E-state index contributed by atoms with van der Waals surface area (Å²) < 4.78 is 0. The Labute approximate surface area is 141 Å². The third-order valence-corrected chi connectivity index (χ3v) is 4.36. The first-order valence-electron chi connectivity index (χ1n) is 7.12. The lowest BCUT2D eigenvalue weighted by molar-refractivity contribution is 0.412. The molecule has 21 heavy (non-hydrogen) atoms. The summed E-state index contributed by atoms with van der Waals surface area (Å²) in [6.45, 7) is 1.87. The summed E-state index contributed by atoms with van der Waals surface area (Å²) in [5, 5.41) is 9.39. The fourth-order valence-corrected chi connectivity index (χ4v) is 3.07. The van der Waals surface area contributed by atoms with E-state index in [1.54, 1.807) is 18.2 Å². The van der Waals surface area contributed by atoms with Crippen LogP contribution in [0.3, 0.4) is 0 Å². The zero-order valence-electron chi connectivity index (χ0n) is 12.0. The third kappa shape index (κ3) is 5.13. The van der Waals surface area contributed by atoms with E-state index in [0.717, 1.165) is 11.3 Å². The van der Waals surface area contributed by atoms with Crippen molar-refractivity contribution in [2.24, 2.45) is 5.10 Å². The minimum atomic E-state index is 0.462. The second kappa shape index (κ2) is 7.97. The zero-order valence-corrected chi connectivity index (χ0v) is 14.3. The summed E-state index contributed by atoms with van der Waals surface area (Å²) >= 11 is 17.4. The normalized spacial score (nSPS) is 16.6. The molecule has 0 aromatic heterocycles. The SMILES string of the molecule is C/C(=N/NC(=S)NC1CCCCC1)c1cc(Cl)ccc1Cl. The summed E-state index contributed by atoms with van der Waals surface area (Å²) in [4.78, 5) is 0. The van der Waals surface area contributed by atoms with Gasteiger partial charge in [-0.3, -0.25) is 5.43 Å². The van der Waals surface area contributed by atoms with Gasteiger partial charge in [-0.05, 0) is 50.2 Å². The summed E-state index contributed by atoms with van der Waals surface area (Å²) in [5.41, 5.74) is 4.43. The zero-order chi connectivity index (χ0) is 15.2. The number of benzene rings is 1. The summed E-state index contributed by atoms with van der Waals surface area (Å²) in [6, 6.07) is 5.77. The maximum absolute atomic E-state index is 6.15. The van der Waals surface area contributed by atoms with E-state index in [1.807, 2.05) is 6.92 Å². The molecule has 0 radical (unpaired) electrons. The number of rotatable bonds is 3. The van der Waals surface area contributed by atoms with Gasteiger partial charge in [-0.25, -0.2) is 0 Å². The molecule has 0 bridgehead atoms. The minimum absolute atomic E-state index is 0.462. The predicted molar refractivity (Wildman–Crippen MR) is 94.4 cm³/mol. The van der Waals surface area contributed by atoms with Gasteiger partial charge in [0.25, 0.3) is 0 Å². The monoisotopic (exact) mass is 343 g/mol. The van der Waals surface area contributed by atoms with Crippen molar-refractivity contribution >= 4 is 46.2 Å². The van der Waals surface area contributed by atoms with E-state index >= 15 is 0 Å². The van der Waals surface area contributed by atoms with E-state index in [9.17, 15) is 0 Å². The van der Waals surface area contributed by atoms with Crippen LogP contribution in [0.15, 0.2) is 23.3 Å². The second-order valence-corrected chi connectivity index (χ2v) is 6.49. The van der Waals surface area contributed by atoms with Crippen molar-refractivity contribution < 1.29 is 0 Å². The fraction of sp³-hybridized carbons (Fsp3) is 0.467. The smallest absolute Gasteiger partial charge is 0.187 e. The Morgan fingerprint density at radius 3 is 2.67 bits per heavy atom. The first-order valence-corrected chi connectivity index (χ1v) is 8.29. The molecule has 0 amide bonds. The van der Waals surface area contributed by atoms with E-state index in [2.05, 4.69) is 15.8 Å². The van der Waals surface area contributed by atoms with Crippen molar-refractivity contribution in [3.8, 4) is 0 Å². The highest BCUT2D eigenvalue weighted by Crippen LogP contribution is 2.21. The average molecular weight is 344 g/mol. The molecule has 0 saturated heterocycles. The summed E-state index contributed by atoms with van der Waals surface area (Å²) in [5.74, 6) is 0. The topological polar surface area (TPSA) is 36.4 Å². The highest BCUT2D eigenvalue weighted by molar-refractivity contribution is 7.80. The van der Waals surface area contributed by atoms with Crippen LogP contribution in [0.2, 0.25) is 10.0 Å². The van der Waals surface area contributed by atoms with Gasteiger partial charge in [-0.2, -0.15) is 5.10 Å². The number of nitrogens with one attached hydrogen (secondary N) is 2. The Kier molecular flexibility index (Phi) is 6.27. The molecule has 114 valence electrons. The van der Waals surface area contributed by atoms with Gasteiger partial charge in [0.2, 0.25) is 0 Å². The van der Waals surface area contributed by atoms with Gasteiger partial charge >= 0.3 is 0 Å². The van der Waals surface area contributed by atoms with E-state index in [4.69, 9.17) is 35.4 Å². The largest absolute Gasteiger partial charge is 0.359 e. The van der Waals surface area contributed by atoms with Crippen molar-refractivity contribution in [2.75, 3.05) is 0 Å². The number of hydrogen-bond donors (Lipinski definition) is 2.